The molecule has 0 aliphatic carbocycles. The third kappa shape index (κ3) is 2.93. The minimum atomic E-state index is -0.656. The minimum Gasteiger partial charge on any atom is -0.372 e. The number of para-hydroxylation sites is 2. The van der Waals surface area contributed by atoms with Gasteiger partial charge in [-0.05, 0) is 49.2 Å². The molecule has 0 bridgehead atoms. The van der Waals surface area contributed by atoms with E-state index in [1.807, 2.05) is 18.2 Å². The van der Waals surface area contributed by atoms with Gasteiger partial charge in [-0.25, -0.2) is 13.6 Å². The maximum atomic E-state index is 13.8. The number of nitrogens with zero attached hydrogens (tertiary/aromatic N) is 2. The van der Waals surface area contributed by atoms with E-state index in [2.05, 4.69) is 39.6 Å². The number of piperidine rings is 1. The van der Waals surface area contributed by atoms with Gasteiger partial charge in [0.25, 0.3) is 0 Å². The highest BCUT2D eigenvalue weighted by Gasteiger charge is 2.42. The van der Waals surface area contributed by atoms with Gasteiger partial charge in [0.15, 0.2) is 0 Å². The first-order chi connectivity index (χ1) is 14.1. The maximum Gasteiger partial charge on any atom is 0.321 e. The van der Waals surface area contributed by atoms with Crippen LogP contribution in [0.25, 0.3) is 5.69 Å². The summed E-state index contributed by atoms with van der Waals surface area (Å²) < 4.78 is 29.4. The SMILES string of the molecule is O=C(Nc1cc(F)ccc1F)N1CCC2(CC1)Nc1ccccc1-n1cccc12. The summed E-state index contributed by atoms with van der Waals surface area (Å²) in [7, 11) is 0. The van der Waals surface area contributed by atoms with Crippen LogP contribution in [0.3, 0.4) is 0 Å². The van der Waals surface area contributed by atoms with E-state index in [1.165, 1.54) is 5.69 Å². The third-order valence-corrected chi connectivity index (χ3v) is 5.85. The van der Waals surface area contributed by atoms with Crippen LogP contribution in [0, 0.1) is 11.6 Å². The fraction of sp³-hybridized carbons (Fsp3) is 0.227. The van der Waals surface area contributed by atoms with Crippen LogP contribution in [0.2, 0.25) is 0 Å². The van der Waals surface area contributed by atoms with Crippen molar-refractivity contribution in [1.29, 1.82) is 0 Å². The first-order valence-corrected chi connectivity index (χ1v) is 9.62. The van der Waals surface area contributed by atoms with Crippen molar-refractivity contribution in [3.05, 3.63) is 78.1 Å². The Morgan fingerprint density at radius 1 is 1.03 bits per heavy atom. The minimum absolute atomic E-state index is 0.145. The van der Waals surface area contributed by atoms with E-state index in [0.717, 1.165) is 29.6 Å². The first-order valence-electron chi connectivity index (χ1n) is 9.62. The summed E-state index contributed by atoms with van der Waals surface area (Å²) in [6, 6.07) is 14.9. The van der Waals surface area contributed by atoms with Crippen LogP contribution in [-0.4, -0.2) is 28.6 Å². The summed E-state index contributed by atoms with van der Waals surface area (Å²) in [5, 5.41) is 6.18. The molecule has 3 heterocycles. The topological polar surface area (TPSA) is 49.3 Å². The largest absolute Gasteiger partial charge is 0.372 e. The summed E-state index contributed by atoms with van der Waals surface area (Å²) in [5.74, 6) is -1.25. The van der Waals surface area contributed by atoms with Crippen LogP contribution in [0.5, 0.6) is 0 Å². The number of halogens is 2. The van der Waals surface area contributed by atoms with Gasteiger partial charge in [-0.15, -0.1) is 0 Å². The second kappa shape index (κ2) is 6.62. The van der Waals surface area contributed by atoms with E-state index in [4.69, 9.17) is 0 Å². The Hall–Kier alpha value is -3.35. The molecule has 2 N–H and O–H groups in total. The van der Waals surface area contributed by atoms with E-state index in [9.17, 15) is 13.6 Å². The number of likely N-dealkylation sites (tertiary alicyclic amines) is 1. The number of hydrogen-bond acceptors (Lipinski definition) is 2. The molecule has 5 rings (SSSR count). The van der Waals surface area contributed by atoms with E-state index in [1.54, 1.807) is 4.90 Å². The Morgan fingerprint density at radius 3 is 2.66 bits per heavy atom. The molecule has 2 aliphatic rings. The van der Waals surface area contributed by atoms with Crippen molar-refractivity contribution in [2.75, 3.05) is 23.7 Å². The molecule has 1 fully saturated rings. The molecule has 1 spiro atoms. The van der Waals surface area contributed by atoms with Crippen molar-refractivity contribution in [2.24, 2.45) is 0 Å². The molecule has 1 saturated heterocycles. The molecule has 2 aromatic carbocycles. The Bertz CT molecular complexity index is 1090. The van der Waals surface area contributed by atoms with Crippen LogP contribution in [0.4, 0.5) is 25.0 Å². The Labute approximate surface area is 166 Å². The molecule has 7 heteroatoms. The number of aromatic nitrogens is 1. The molecule has 0 saturated carbocycles. The Morgan fingerprint density at radius 2 is 1.83 bits per heavy atom. The molecule has 0 radical (unpaired) electrons. The molecule has 5 nitrogen and oxygen atoms in total. The number of nitrogens with one attached hydrogen (secondary N) is 2. The van der Waals surface area contributed by atoms with Crippen molar-refractivity contribution < 1.29 is 13.6 Å². The van der Waals surface area contributed by atoms with Crippen molar-refractivity contribution in [2.45, 2.75) is 18.4 Å². The van der Waals surface area contributed by atoms with Gasteiger partial charge in [0.1, 0.15) is 11.6 Å². The Balaban J connectivity index is 1.34. The number of hydrogen-bond donors (Lipinski definition) is 2. The summed E-state index contributed by atoms with van der Waals surface area (Å²) in [4.78, 5) is 14.2. The van der Waals surface area contributed by atoms with Gasteiger partial charge in [-0.2, -0.15) is 0 Å². The number of carbonyl (C=O) groups is 1. The van der Waals surface area contributed by atoms with Gasteiger partial charge >= 0.3 is 6.03 Å². The normalized spacial score (nSPS) is 16.7. The van der Waals surface area contributed by atoms with Crippen LogP contribution < -0.4 is 10.6 Å². The van der Waals surface area contributed by atoms with Crippen LogP contribution in [0.15, 0.2) is 60.8 Å². The summed E-state index contributed by atoms with van der Waals surface area (Å²) >= 11 is 0. The average molecular weight is 394 g/mol. The number of anilines is 2. The van der Waals surface area contributed by atoms with E-state index < -0.39 is 17.7 Å². The predicted octanol–water partition coefficient (Wildman–Crippen LogP) is 4.70. The van der Waals surface area contributed by atoms with Crippen LogP contribution >= 0.6 is 0 Å². The molecular formula is C22H20F2N4O. The van der Waals surface area contributed by atoms with Gasteiger partial charge in [0.05, 0.1) is 22.6 Å². The van der Waals surface area contributed by atoms with Crippen LogP contribution in [-0.2, 0) is 5.54 Å². The monoisotopic (exact) mass is 394 g/mol. The van der Waals surface area contributed by atoms with Gasteiger partial charge in [0.2, 0.25) is 0 Å². The van der Waals surface area contributed by atoms with Crippen molar-refractivity contribution >= 4 is 17.4 Å². The lowest BCUT2D eigenvalue weighted by Gasteiger charge is -2.46. The fourth-order valence-electron chi connectivity index (χ4n) is 4.35. The standard InChI is InChI=1S/C22H20F2N4O/c23-15-7-8-16(24)18(14-15)25-21(29)27-12-9-22(10-13-27)20-6-3-11-28(20)19-5-2-1-4-17(19)26-22/h1-8,11,14,26H,9-10,12-13H2,(H,25,29). The second-order valence-corrected chi connectivity index (χ2v) is 7.53. The molecule has 3 aromatic rings. The lowest BCUT2D eigenvalue weighted by molar-refractivity contribution is 0.174. The number of amides is 2. The first kappa shape index (κ1) is 17.7. The average Bonchev–Trinajstić information content (AvgIpc) is 3.23. The number of urea groups is 1. The lowest BCUT2D eigenvalue weighted by Crippen LogP contribution is -2.51. The summed E-state index contributed by atoms with van der Waals surface area (Å²) in [6.45, 7) is 1.01. The maximum absolute atomic E-state index is 13.8. The zero-order valence-electron chi connectivity index (χ0n) is 15.7. The fourth-order valence-corrected chi connectivity index (χ4v) is 4.35. The van der Waals surface area contributed by atoms with Gasteiger partial charge in [-0.3, -0.25) is 0 Å². The van der Waals surface area contributed by atoms with Gasteiger partial charge < -0.3 is 20.1 Å². The van der Waals surface area contributed by atoms with E-state index in [0.29, 0.717) is 25.9 Å². The van der Waals surface area contributed by atoms with E-state index >= 15 is 0 Å². The zero-order chi connectivity index (χ0) is 20.0. The smallest absolute Gasteiger partial charge is 0.321 e. The second-order valence-electron chi connectivity index (χ2n) is 7.53. The summed E-state index contributed by atoms with van der Waals surface area (Å²) in [6.07, 6.45) is 3.48. The third-order valence-electron chi connectivity index (χ3n) is 5.85. The molecule has 2 amide bonds. The molecular weight excluding hydrogens is 374 g/mol. The molecule has 148 valence electrons. The number of rotatable bonds is 1. The lowest BCUT2D eigenvalue weighted by atomic mass is 9.82. The Kier molecular flexibility index (Phi) is 4.04. The zero-order valence-corrected chi connectivity index (χ0v) is 15.7. The molecule has 0 unspecified atom stereocenters. The van der Waals surface area contributed by atoms with Crippen molar-refractivity contribution in [1.82, 2.24) is 9.47 Å². The number of fused-ring (bicyclic) bond motifs is 4. The highest BCUT2D eigenvalue weighted by Crippen LogP contribution is 2.43. The molecule has 2 aliphatic heterocycles. The number of benzene rings is 2. The molecule has 0 atom stereocenters. The highest BCUT2D eigenvalue weighted by atomic mass is 19.1. The predicted molar refractivity (Wildman–Crippen MR) is 107 cm³/mol. The molecule has 29 heavy (non-hydrogen) atoms. The van der Waals surface area contributed by atoms with Gasteiger partial charge in [-0.1, -0.05) is 12.1 Å². The van der Waals surface area contributed by atoms with Crippen molar-refractivity contribution in [3.63, 3.8) is 0 Å². The van der Waals surface area contributed by atoms with Gasteiger partial charge in [0, 0.05) is 31.0 Å². The van der Waals surface area contributed by atoms with Crippen molar-refractivity contribution in [3.8, 4) is 5.69 Å². The van der Waals surface area contributed by atoms with E-state index in [-0.39, 0.29) is 11.2 Å². The molecule has 1 aromatic heterocycles. The quantitative estimate of drug-likeness (QED) is 0.628. The summed E-state index contributed by atoms with van der Waals surface area (Å²) in [5.41, 5.74) is 2.94. The number of carbonyl (C=O) groups excluding carboxylic acids is 1. The van der Waals surface area contributed by atoms with Crippen LogP contribution in [0.1, 0.15) is 18.5 Å². The highest BCUT2D eigenvalue weighted by molar-refractivity contribution is 5.89.